The van der Waals surface area contributed by atoms with Crippen molar-refractivity contribution in [1.29, 1.82) is 0 Å². The first-order chi connectivity index (χ1) is 12.0. The maximum atomic E-state index is 13.3. The summed E-state index contributed by atoms with van der Waals surface area (Å²) in [5.41, 5.74) is 0. The van der Waals surface area contributed by atoms with E-state index in [2.05, 4.69) is 4.74 Å². The number of alkyl halides is 12. The third kappa shape index (κ3) is 4.92. The Labute approximate surface area is 144 Å². The first-order valence-electron chi connectivity index (χ1n) is 7.25. The molecule has 0 aromatic rings. The molecule has 2 nitrogen and oxygen atoms in total. The molecule has 0 radical (unpaired) electrons. The normalized spacial score (nSPS) is 16.4. The zero-order chi connectivity index (χ0) is 21.8. The van der Waals surface area contributed by atoms with Crippen LogP contribution in [0.4, 0.5) is 52.7 Å². The van der Waals surface area contributed by atoms with Crippen molar-refractivity contribution in [3.8, 4) is 0 Å². The van der Waals surface area contributed by atoms with Gasteiger partial charge in [0.1, 0.15) is 0 Å². The topological polar surface area (TPSA) is 26.3 Å². The van der Waals surface area contributed by atoms with E-state index in [1.165, 1.54) is 0 Å². The van der Waals surface area contributed by atoms with Crippen molar-refractivity contribution in [3.63, 3.8) is 0 Å². The Balaban J connectivity index is 5.58. The summed E-state index contributed by atoms with van der Waals surface area (Å²) < 4.78 is 158. The molecule has 2 atom stereocenters. The van der Waals surface area contributed by atoms with E-state index in [9.17, 15) is 57.5 Å². The summed E-state index contributed by atoms with van der Waals surface area (Å²) >= 11 is 0. The molecule has 0 aliphatic rings. The van der Waals surface area contributed by atoms with E-state index >= 15 is 0 Å². The molecular weight excluding hydrogens is 416 g/mol. The van der Waals surface area contributed by atoms with Gasteiger partial charge in [-0.25, -0.2) is 13.2 Å². The van der Waals surface area contributed by atoms with Crippen molar-refractivity contribution in [2.45, 2.75) is 75.3 Å². The Kier molecular flexibility index (Phi) is 8.31. The molecule has 162 valence electrons. The molecule has 0 aliphatic heterocycles. The van der Waals surface area contributed by atoms with Gasteiger partial charge in [0.05, 0.1) is 0 Å². The lowest BCUT2D eigenvalue weighted by molar-refractivity contribution is -0.399. The molecule has 0 spiro atoms. The van der Waals surface area contributed by atoms with Crippen molar-refractivity contribution in [1.82, 2.24) is 0 Å². The maximum Gasteiger partial charge on any atom is 0.385 e. The van der Waals surface area contributed by atoms with Crippen LogP contribution in [0.3, 0.4) is 0 Å². The minimum atomic E-state index is -7.46. The summed E-state index contributed by atoms with van der Waals surface area (Å²) in [5, 5.41) is 0. The summed E-state index contributed by atoms with van der Waals surface area (Å²) in [4.78, 5) is 11.0. The van der Waals surface area contributed by atoms with Crippen LogP contribution in [0.5, 0.6) is 0 Å². The number of carbonyl (C=O) groups excluding carboxylic acids is 1. The Morgan fingerprint density at radius 2 is 1.26 bits per heavy atom. The number of halogens is 12. The van der Waals surface area contributed by atoms with Gasteiger partial charge in [-0.05, 0) is 6.42 Å². The quantitative estimate of drug-likeness (QED) is 0.244. The first kappa shape index (κ1) is 25.6. The van der Waals surface area contributed by atoms with Crippen LogP contribution in [0.2, 0.25) is 0 Å². The van der Waals surface area contributed by atoms with Gasteiger partial charge in [0, 0.05) is 6.42 Å². The third-order valence-electron chi connectivity index (χ3n) is 3.30. The van der Waals surface area contributed by atoms with Gasteiger partial charge in [0.15, 0.2) is 0 Å². The maximum absolute atomic E-state index is 13.3. The van der Waals surface area contributed by atoms with Crippen LogP contribution in [0.15, 0.2) is 0 Å². The molecule has 0 bridgehead atoms. The summed E-state index contributed by atoms with van der Waals surface area (Å²) in [6.07, 6.45) is -15.1. The lowest BCUT2D eigenvalue weighted by Crippen LogP contribution is -2.67. The molecule has 0 N–H and O–H groups in total. The van der Waals surface area contributed by atoms with Crippen LogP contribution >= 0.6 is 0 Å². The van der Waals surface area contributed by atoms with Crippen molar-refractivity contribution in [2.75, 3.05) is 0 Å². The molecule has 0 fully saturated rings. The molecule has 0 aliphatic carbocycles. The number of hydrogen-bond acceptors (Lipinski definition) is 2. The van der Waals surface area contributed by atoms with Gasteiger partial charge < -0.3 is 4.74 Å². The Bertz CT molecular complexity index is 494. The standard InChI is InChI=1S/C13H14F12O2/c1-2-3-4-5-6(26)27-9(17)11(20,21)13(24,25)12(22,23)10(18,19)7(14)8(15)16/h7-9H,2-5H2,1H3. The number of hydrogen-bond donors (Lipinski definition) is 0. The third-order valence-corrected chi connectivity index (χ3v) is 3.30. The van der Waals surface area contributed by atoms with Gasteiger partial charge in [0.25, 0.3) is 6.43 Å². The molecule has 0 aromatic heterocycles. The second-order valence-electron chi connectivity index (χ2n) is 5.39. The molecule has 14 heteroatoms. The minimum Gasteiger partial charge on any atom is -0.424 e. The van der Waals surface area contributed by atoms with E-state index in [-0.39, 0.29) is 6.42 Å². The molecular formula is C13H14F12O2. The van der Waals surface area contributed by atoms with E-state index in [1.807, 2.05) is 0 Å². The van der Waals surface area contributed by atoms with Crippen LogP contribution in [0.1, 0.15) is 32.6 Å². The van der Waals surface area contributed by atoms with Crippen LogP contribution < -0.4 is 0 Å². The van der Waals surface area contributed by atoms with Gasteiger partial charge in [0.2, 0.25) is 6.17 Å². The molecule has 0 amide bonds. The Morgan fingerprint density at radius 3 is 1.67 bits per heavy atom. The summed E-state index contributed by atoms with van der Waals surface area (Å²) in [7, 11) is 0. The predicted octanol–water partition coefficient (Wildman–Crippen LogP) is 5.55. The summed E-state index contributed by atoms with van der Waals surface area (Å²) in [5.74, 6) is -30.5. The lowest BCUT2D eigenvalue weighted by atomic mass is 9.95. The molecule has 0 rings (SSSR count). The van der Waals surface area contributed by atoms with Crippen molar-refractivity contribution < 1.29 is 62.2 Å². The molecule has 0 heterocycles. The first-order valence-corrected chi connectivity index (χ1v) is 7.25. The van der Waals surface area contributed by atoms with E-state index in [4.69, 9.17) is 0 Å². The van der Waals surface area contributed by atoms with Gasteiger partial charge in [-0.3, -0.25) is 4.79 Å². The van der Waals surface area contributed by atoms with Gasteiger partial charge in [-0.15, -0.1) is 0 Å². The zero-order valence-corrected chi connectivity index (χ0v) is 13.4. The summed E-state index contributed by atoms with van der Waals surface area (Å²) in [6, 6.07) is 0. The zero-order valence-electron chi connectivity index (χ0n) is 13.4. The van der Waals surface area contributed by atoms with Gasteiger partial charge in [-0.2, -0.15) is 39.5 Å². The van der Waals surface area contributed by atoms with E-state index in [0.717, 1.165) is 0 Å². The van der Waals surface area contributed by atoms with Crippen molar-refractivity contribution in [2.24, 2.45) is 0 Å². The molecule has 0 saturated heterocycles. The van der Waals surface area contributed by atoms with Gasteiger partial charge >= 0.3 is 36.0 Å². The Morgan fingerprint density at radius 1 is 0.815 bits per heavy atom. The van der Waals surface area contributed by atoms with E-state index in [1.54, 1.807) is 6.92 Å². The number of carbonyl (C=O) groups is 1. The smallest absolute Gasteiger partial charge is 0.385 e. The van der Waals surface area contributed by atoms with Crippen molar-refractivity contribution in [3.05, 3.63) is 0 Å². The number of unbranched alkanes of at least 4 members (excludes halogenated alkanes) is 2. The van der Waals surface area contributed by atoms with Crippen LogP contribution in [0, 0.1) is 0 Å². The number of esters is 1. The lowest BCUT2D eigenvalue weighted by Gasteiger charge is -2.38. The second-order valence-corrected chi connectivity index (χ2v) is 5.39. The fourth-order valence-electron chi connectivity index (χ4n) is 1.66. The highest BCUT2D eigenvalue weighted by atomic mass is 19.4. The average Bonchev–Trinajstić information content (AvgIpc) is 2.53. The van der Waals surface area contributed by atoms with Crippen molar-refractivity contribution >= 4 is 5.97 Å². The van der Waals surface area contributed by atoms with Crippen LogP contribution in [0.25, 0.3) is 0 Å². The molecule has 0 saturated carbocycles. The largest absolute Gasteiger partial charge is 0.424 e. The highest BCUT2D eigenvalue weighted by Crippen LogP contribution is 2.56. The predicted molar refractivity (Wildman–Crippen MR) is 65.8 cm³/mol. The minimum absolute atomic E-state index is 0.0732. The number of rotatable bonds is 11. The fourth-order valence-corrected chi connectivity index (χ4v) is 1.66. The Hall–Kier alpha value is -1.37. The molecule has 0 aromatic carbocycles. The molecule has 27 heavy (non-hydrogen) atoms. The SMILES string of the molecule is CCCCCC(=O)OC(F)C(F)(F)C(F)(F)C(F)(F)C(F)(F)C(F)C(F)F. The summed E-state index contributed by atoms with van der Waals surface area (Å²) in [6.45, 7) is 1.62. The number of ether oxygens (including phenoxy) is 1. The highest BCUT2D eigenvalue weighted by molar-refractivity contribution is 5.69. The monoisotopic (exact) mass is 430 g/mol. The fraction of sp³-hybridized carbons (Fsp3) is 0.923. The van der Waals surface area contributed by atoms with E-state index in [0.29, 0.717) is 12.8 Å². The second kappa shape index (κ2) is 8.76. The van der Waals surface area contributed by atoms with Crippen LogP contribution in [-0.2, 0) is 9.53 Å². The van der Waals surface area contributed by atoms with Crippen LogP contribution in [-0.4, -0.2) is 48.6 Å². The average molecular weight is 430 g/mol. The van der Waals surface area contributed by atoms with E-state index < -0.39 is 55.0 Å². The van der Waals surface area contributed by atoms with Gasteiger partial charge in [-0.1, -0.05) is 19.8 Å². The highest BCUT2D eigenvalue weighted by Gasteiger charge is 2.85. The molecule has 2 unspecified atom stereocenters.